The summed E-state index contributed by atoms with van der Waals surface area (Å²) in [5, 5.41) is 4.18. The third kappa shape index (κ3) is 4.49. The lowest BCUT2D eigenvalue weighted by atomic mass is 9.79. The summed E-state index contributed by atoms with van der Waals surface area (Å²) in [6.45, 7) is 2.02. The number of fused-ring (bicyclic) bond motifs is 2. The Morgan fingerprint density at radius 1 is 1.03 bits per heavy atom. The predicted molar refractivity (Wildman–Crippen MR) is 150 cm³/mol. The van der Waals surface area contributed by atoms with E-state index in [4.69, 9.17) is 37.4 Å². The molecule has 0 amide bonds. The van der Waals surface area contributed by atoms with E-state index in [2.05, 4.69) is 21.2 Å². The molecule has 0 radical (unpaired) electrons. The second-order valence-corrected chi connectivity index (χ2v) is 10.5. The molecule has 194 valence electrons. The van der Waals surface area contributed by atoms with Crippen molar-refractivity contribution < 1.29 is 23.8 Å². The SMILES string of the molecule is COC(=O)C1=C(C)NC2=C(C(=O)c3ccccc32)[C@H]1c1cc(Br)c(OCc2ccc(Cl)c(Cl)c2)c(OC)c1. The van der Waals surface area contributed by atoms with Gasteiger partial charge in [-0.05, 0) is 58.2 Å². The van der Waals surface area contributed by atoms with Gasteiger partial charge in [-0.3, -0.25) is 4.79 Å². The van der Waals surface area contributed by atoms with Crippen LogP contribution in [0.15, 0.2) is 75.9 Å². The molecule has 5 rings (SSSR count). The van der Waals surface area contributed by atoms with Gasteiger partial charge in [-0.1, -0.05) is 53.5 Å². The second-order valence-electron chi connectivity index (χ2n) is 8.82. The first-order chi connectivity index (χ1) is 18.2. The summed E-state index contributed by atoms with van der Waals surface area (Å²) >= 11 is 15.8. The summed E-state index contributed by atoms with van der Waals surface area (Å²) in [5.41, 5.74) is 5.02. The van der Waals surface area contributed by atoms with Crippen LogP contribution in [-0.4, -0.2) is 26.0 Å². The smallest absolute Gasteiger partial charge is 0.336 e. The van der Waals surface area contributed by atoms with Crippen LogP contribution in [0, 0.1) is 0 Å². The summed E-state index contributed by atoms with van der Waals surface area (Å²) < 4.78 is 17.5. The first-order valence-corrected chi connectivity index (χ1v) is 13.2. The molecule has 6 nitrogen and oxygen atoms in total. The van der Waals surface area contributed by atoms with E-state index in [1.54, 1.807) is 31.2 Å². The normalized spacial score (nSPS) is 16.2. The van der Waals surface area contributed by atoms with E-state index in [0.29, 0.717) is 59.7 Å². The molecule has 2 aliphatic rings. The number of Topliss-reactive ketones (excluding diaryl/α,β-unsaturated/α-hetero) is 1. The van der Waals surface area contributed by atoms with Crippen molar-refractivity contribution in [2.75, 3.05) is 14.2 Å². The number of hydrogen-bond donors (Lipinski definition) is 1. The van der Waals surface area contributed by atoms with Crippen molar-refractivity contribution in [1.82, 2.24) is 5.32 Å². The van der Waals surface area contributed by atoms with Crippen LogP contribution in [0.25, 0.3) is 5.70 Å². The largest absolute Gasteiger partial charge is 0.493 e. The van der Waals surface area contributed by atoms with E-state index in [1.807, 2.05) is 30.3 Å². The predicted octanol–water partition coefficient (Wildman–Crippen LogP) is 7.08. The van der Waals surface area contributed by atoms with Crippen LogP contribution in [0.5, 0.6) is 11.5 Å². The van der Waals surface area contributed by atoms with Crippen molar-refractivity contribution >= 4 is 56.6 Å². The molecule has 3 aromatic rings. The van der Waals surface area contributed by atoms with E-state index in [1.165, 1.54) is 14.2 Å². The quantitative estimate of drug-likeness (QED) is 0.299. The lowest BCUT2D eigenvalue weighted by Crippen LogP contribution is -2.29. The molecule has 0 bridgehead atoms. The molecule has 1 aliphatic heterocycles. The van der Waals surface area contributed by atoms with Gasteiger partial charge in [0.25, 0.3) is 0 Å². The molecule has 38 heavy (non-hydrogen) atoms. The summed E-state index contributed by atoms with van der Waals surface area (Å²) in [7, 11) is 2.86. The van der Waals surface area contributed by atoms with E-state index in [0.717, 1.165) is 11.1 Å². The lowest BCUT2D eigenvalue weighted by Gasteiger charge is -2.29. The standard InChI is InChI=1S/C29H22BrCl2NO5/c1-14-23(29(35)37-3)24(25-26(33-14)17-6-4-5-7-18(17)27(25)34)16-11-19(30)28(22(12-16)36-2)38-13-15-8-9-20(31)21(32)10-15/h4-12,24,33H,13H2,1-3H3/t24-/m0/s1. The van der Waals surface area contributed by atoms with Crippen LogP contribution < -0.4 is 14.8 Å². The fourth-order valence-electron chi connectivity index (χ4n) is 4.87. The molecule has 3 aromatic carbocycles. The zero-order valence-corrected chi connectivity index (χ0v) is 23.8. The number of nitrogens with one attached hydrogen (secondary N) is 1. The minimum Gasteiger partial charge on any atom is -0.493 e. The van der Waals surface area contributed by atoms with E-state index in [-0.39, 0.29) is 12.4 Å². The molecule has 9 heteroatoms. The van der Waals surface area contributed by atoms with Crippen molar-refractivity contribution in [2.45, 2.75) is 19.4 Å². The number of benzene rings is 3. The maximum absolute atomic E-state index is 13.6. The lowest BCUT2D eigenvalue weighted by molar-refractivity contribution is -0.136. The summed E-state index contributed by atoms with van der Waals surface area (Å²) in [5.74, 6) is -0.456. The number of allylic oxidation sites excluding steroid dienone is 2. The van der Waals surface area contributed by atoms with Crippen LogP contribution in [-0.2, 0) is 16.1 Å². The van der Waals surface area contributed by atoms with Gasteiger partial charge in [0.2, 0.25) is 0 Å². The van der Waals surface area contributed by atoms with Crippen molar-refractivity contribution in [3.05, 3.63) is 108 Å². The molecule has 1 aliphatic carbocycles. The Morgan fingerprint density at radius 2 is 1.76 bits per heavy atom. The zero-order valence-electron chi connectivity index (χ0n) is 20.7. The third-order valence-corrected chi connectivity index (χ3v) is 7.93. The number of ketones is 1. The van der Waals surface area contributed by atoms with Crippen LogP contribution in [0.1, 0.15) is 39.9 Å². The Balaban J connectivity index is 1.59. The fraction of sp³-hybridized carbons (Fsp3) is 0.172. The molecular weight excluding hydrogens is 593 g/mol. The van der Waals surface area contributed by atoms with Crippen LogP contribution in [0.4, 0.5) is 0 Å². The van der Waals surface area contributed by atoms with Gasteiger partial charge in [0.05, 0.1) is 40.0 Å². The maximum Gasteiger partial charge on any atom is 0.336 e. The van der Waals surface area contributed by atoms with Crippen molar-refractivity contribution in [1.29, 1.82) is 0 Å². The number of rotatable bonds is 6. The van der Waals surface area contributed by atoms with Crippen LogP contribution >= 0.6 is 39.1 Å². The van der Waals surface area contributed by atoms with Gasteiger partial charge in [-0.25, -0.2) is 4.79 Å². The van der Waals surface area contributed by atoms with Crippen molar-refractivity contribution in [3.63, 3.8) is 0 Å². The highest BCUT2D eigenvalue weighted by Crippen LogP contribution is 2.49. The Bertz CT molecular complexity index is 1560. The minimum atomic E-state index is -0.687. The number of carbonyl (C=O) groups is 2. The molecule has 1 atom stereocenters. The number of carbonyl (C=O) groups excluding carboxylic acids is 2. The molecule has 0 fully saturated rings. The summed E-state index contributed by atoms with van der Waals surface area (Å²) in [4.78, 5) is 26.6. The first kappa shape index (κ1) is 26.4. The number of dihydropyridines is 1. The fourth-order valence-corrected chi connectivity index (χ4v) is 5.77. The van der Waals surface area contributed by atoms with E-state index in [9.17, 15) is 9.59 Å². The Labute approximate surface area is 238 Å². The van der Waals surface area contributed by atoms with Crippen LogP contribution in [0.3, 0.4) is 0 Å². The molecule has 0 spiro atoms. The van der Waals surface area contributed by atoms with Crippen LogP contribution in [0.2, 0.25) is 10.0 Å². The molecule has 0 aromatic heterocycles. The van der Waals surface area contributed by atoms with Gasteiger partial charge >= 0.3 is 5.97 Å². The highest BCUT2D eigenvalue weighted by atomic mass is 79.9. The molecule has 1 heterocycles. The van der Waals surface area contributed by atoms with Crippen molar-refractivity contribution in [3.8, 4) is 11.5 Å². The summed E-state index contributed by atoms with van der Waals surface area (Å²) in [6.07, 6.45) is 0. The topological polar surface area (TPSA) is 73.9 Å². The van der Waals surface area contributed by atoms with Gasteiger partial charge in [0.15, 0.2) is 17.3 Å². The number of hydrogen-bond acceptors (Lipinski definition) is 6. The molecule has 0 saturated carbocycles. The van der Waals surface area contributed by atoms with Gasteiger partial charge in [-0.2, -0.15) is 0 Å². The minimum absolute atomic E-state index is 0.142. The maximum atomic E-state index is 13.6. The number of methoxy groups -OCH3 is 2. The van der Waals surface area contributed by atoms with Gasteiger partial charge in [-0.15, -0.1) is 0 Å². The molecule has 1 N–H and O–H groups in total. The monoisotopic (exact) mass is 613 g/mol. The van der Waals surface area contributed by atoms with Gasteiger partial charge < -0.3 is 19.5 Å². The molecular formula is C29H22BrCl2NO5. The average molecular weight is 615 g/mol. The van der Waals surface area contributed by atoms with Crippen molar-refractivity contribution in [2.24, 2.45) is 0 Å². The highest BCUT2D eigenvalue weighted by molar-refractivity contribution is 9.10. The van der Waals surface area contributed by atoms with E-state index < -0.39 is 11.9 Å². The van der Waals surface area contributed by atoms with Gasteiger partial charge in [0.1, 0.15) is 6.61 Å². The Kier molecular flexibility index (Phi) is 7.27. The third-order valence-electron chi connectivity index (χ3n) is 6.61. The van der Waals surface area contributed by atoms with E-state index >= 15 is 0 Å². The number of ether oxygens (including phenoxy) is 3. The Hall–Kier alpha value is -3.26. The average Bonchev–Trinajstić information content (AvgIpc) is 3.19. The molecule has 0 saturated heterocycles. The Morgan fingerprint density at radius 3 is 2.45 bits per heavy atom. The number of esters is 1. The number of halogens is 3. The van der Waals surface area contributed by atoms with Gasteiger partial charge in [0, 0.05) is 28.3 Å². The zero-order chi connectivity index (χ0) is 27.1. The highest BCUT2D eigenvalue weighted by Gasteiger charge is 2.43. The second kappa shape index (κ2) is 10.5. The molecule has 0 unspecified atom stereocenters. The summed E-state index contributed by atoms with van der Waals surface area (Å²) in [6, 6.07) is 16.3. The first-order valence-electron chi connectivity index (χ1n) is 11.6.